The summed E-state index contributed by atoms with van der Waals surface area (Å²) in [5.41, 5.74) is 0.593. The third-order valence-corrected chi connectivity index (χ3v) is 6.56. The Morgan fingerprint density at radius 1 is 1.16 bits per heavy atom. The number of hydrogen-bond acceptors (Lipinski definition) is 5. The van der Waals surface area contributed by atoms with E-state index in [1.54, 1.807) is 43.5 Å². The van der Waals surface area contributed by atoms with Crippen molar-refractivity contribution in [2.24, 2.45) is 0 Å². The Kier molecular flexibility index (Phi) is 6.65. The minimum atomic E-state index is -3.49. The fourth-order valence-corrected chi connectivity index (χ4v) is 4.45. The van der Waals surface area contributed by atoms with Gasteiger partial charge in [-0.3, -0.25) is 10.1 Å². The van der Waals surface area contributed by atoms with Gasteiger partial charge in [-0.05, 0) is 47.9 Å². The Morgan fingerprint density at radius 2 is 1.80 bits per heavy atom. The first-order valence-corrected chi connectivity index (χ1v) is 10.4. The molecule has 134 valence electrons. The number of nitrogens with zero attached hydrogens (tertiary/aromatic N) is 1. The Bertz CT molecular complexity index is 827. The topological polar surface area (TPSA) is 78.5 Å². The number of sulfonamides is 1. The largest absolute Gasteiger partial charge is 0.332 e. The van der Waals surface area contributed by atoms with Crippen molar-refractivity contribution in [1.29, 1.82) is 0 Å². The molecule has 0 spiro atoms. The van der Waals surface area contributed by atoms with Crippen LogP contribution < -0.4 is 10.6 Å². The minimum absolute atomic E-state index is 0.151. The van der Waals surface area contributed by atoms with Crippen molar-refractivity contribution >= 4 is 50.3 Å². The zero-order valence-electron chi connectivity index (χ0n) is 13.9. The van der Waals surface area contributed by atoms with Crippen LogP contribution >= 0.6 is 23.6 Å². The Morgan fingerprint density at radius 3 is 2.32 bits per heavy atom. The zero-order chi connectivity index (χ0) is 18.4. The van der Waals surface area contributed by atoms with Crippen molar-refractivity contribution in [3.05, 3.63) is 46.7 Å². The lowest BCUT2D eigenvalue weighted by Crippen LogP contribution is -2.33. The number of hydrogen-bond donors (Lipinski definition) is 2. The van der Waals surface area contributed by atoms with Crippen molar-refractivity contribution in [3.8, 4) is 0 Å². The van der Waals surface area contributed by atoms with Crippen LogP contribution in [0.15, 0.2) is 46.7 Å². The number of nitrogens with one attached hydrogen (secondary N) is 2. The van der Waals surface area contributed by atoms with Crippen molar-refractivity contribution in [2.75, 3.05) is 18.4 Å². The van der Waals surface area contributed by atoms with E-state index in [9.17, 15) is 13.2 Å². The van der Waals surface area contributed by atoms with Crippen LogP contribution in [0.2, 0.25) is 0 Å². The Balaban J connectivity index is 2.03. The van der Waals surface area contributed by atoms with E-state index in [2.05, 4.69) is 10.6 Å². The van der Waals surface area contributed by atoms with Crippen molar-refractivity contribution in [3.63, 3.8) is 0 Å². The number of carbonyl (C=O) groups is 1. The lowest BCUT2D eigenvalue weighted by atomic mass is 10.3. The molecule has 0 saturated carbocycles. The molecule has 0 saturated heterocycles. The average molecular weight is 398 g/mol. The molecule has 0 fully saturated rings. The van der Waals surface area contributed by atoms with Gasteiger partial charge in [0, 0.05) is 18.8 Å². The monoisotopic (exact) mass is 397 g/mol. The second-order valence-corrected chi connectivity index (χ2v) is 8.29. The lowest BCUT2D eigenvalue weighted by Gasteiger charge is -2.18. The van der Waals surface area contributed by atoms with E-state index < -0.39 is 10.0 Å². The van der Waals surface area contributed by atoms with Crippen molar-refractivity contribution < 1.29 is 13.2 Å². The maximum absolute atomic E-state index is 12.4. The van der Waals surface area contributed by atoms with Gasteiger partial charge in [-0.1, -0.05) is 19.9 Å². The van der Waals surface area contributed by atoms with Crippen LogP contribution in [0, 0.1) is 0 Å². The first kappa shape index (κ1) is 19.5. The number of carbonyl (C=O) groups excluding carboxylic acids is 1. The molecule has 6 nitrogen and oxygen atoms in total. The molecular weight excluding hydrogens is 378 g/mol. The molecule has 0 unspecified atom stereocenters. The molecule has 1 aromatic carbocycles. The molecule has 1 aromatic heterocycles. The first-order chi connectivity index (χ1) is 11.9. The predicted octanol–water partition coefficient (Wildman–Crippen LogP) is 2.91. The van der Waals surface area contributed by atoms with Gasteiger partial charge in [-0.25, -0.2) is 8.42 Å². The van der Waals surface area contributed by atoms with Crippen LogP contribution in [0.3, 0.4) is 0 Å². The Hall–Kier alpha value is -1.81. The molecule has 2 N–H and O–H groups in total. The summed E-state index contributed by atoms with van der Waals surface area (Å²) in [6, 6.07) is 9.74. The summed E-state index contributed by atoms with van der Waals surface area (Å²) in [7, 11) is -3.49. The lowest BCUT2D eigenvalue weighted by molar-refractivity contribution is 0.0981. The quantitative estimate of drug-likeness (QED) is 0.733. The fourth-order valence-electron chi connectivity index (χ4n) is 2.16. The third kappa shape index (κ3) is 4.85. The molecule has 25 heavy (non-hydrogen) atoms. The summed E-state index contributed by atoms with van der Waals surface area (Å²) in [5, 5.41) is 7.40. The third-order valence-electron chi connectivity index (χ3n) is 3.43. The number of amides is 1. The number of anilines is 1. The SMILES string of the molecule is CCN(CC)S(=O)(=O)c1ccc(NC(=S)NC(=O)c2cccs2)cc1. The summed E-state index contributed by atoms with van der Waals surface area (Å²) in [4.78, 5) is 12.7. The zero-order valence-corrected chi connectivity index (χ0v) is 16.3. The molecule has 0 radical (unpaired) electrons. The number of benzene rings is 1. The highest BCUT2D eigenvalue weighted by Gasteiger charge is 2.21. The van der Waals surface area contributed by atoms with Gasteiger partial charge in [0.05, 0.1) is 9.77 Å². The van der Waals surface area contributed by atoms with Crippen molar-refractivity contribution in [1.82, 2.24) is 9.62 Å². The molecule has 0 atom stereocenters. The second-order valence-electron chi connectivity index (χ2n) is 5.00. The molecule has 9 heteroatoms. The molecule has 1 amide bonds. The minimum Gasteiger partial charge on any atom is -0.332 e. The van der Waals surface area contributed by atoms with Gasteiger partial charge in [0.15, 0.2) is 5.11 Å². The highest BCUT2D eigenvalue weighted by atomic mass is 32.2. The highest BCUT2D eigenvalue weighted by molar-refractivity contribution is 7.89. The molecular formula is C16H19N3O3S3. The molecule has 0 aliphatic heterocycles. The fraction of sp³-hybridized carbons (Fsp3) is 0.250. The van der Waals surface area contributed by atoms with Crippen LogP contribution in [0.1, 0.15) is 23.5 Å². The molecule has 0 bridgehead atoms. The van der Waals surface area contributed by atoms with Gasteiger partial charge < -0.3 is 5.32 Å². The van der Waals surface area contributed by atoms with Gasteiger partial charge in [-0.2, -0.15) is 4.31 Å². The maximum Gasteiger partial charge on any atom is 0.267 e. The normalized spacial score (nSPS) is 11.3. The van der Waals surface area contributed by atoms with Crippen LogP contribution in [0.5, 0.6) is 0 Å². The first-order valence-electron chi connectivity index (χ1n) is 7.64. The molecule has 0 aliphatic rings. The maximum atomic E-state index is 12.4. The summed E-state index contributed by atoms with van der Waals surface area (Å²) < 4.78 is 26.2. The van der Waals surface area contributed by atoms with E-state index in [1.165, 1.54) is 27.8 Å². The molecule has 2 rings (SSSR count). The predicted molar refractivity (Wildman–Crippen MR) is 105 cm³/mol. The summed E-state index contributed by atoms with van der Waals surface area (Å²) in [6.07, 6.45) is 0. The van der Waals surface area contributed by atoms with Gasteiger partial charge in [0.25, 0.3) is 5.91 Å². The van der Waals surface area contributed by atoms with E-state index in [-0.39, 0.29) is 15.9 Å². The van der Waals surface area contributed by atoms with Crippen LogP contribution in [0.25, 0.3) is 0 Å². The van der Waals surface area contributed by atoms with E-state index in [1.807, 2.05) is 0 Å². The van der Waals surface area contributed by atoms with E-state index in [4.69, 9.17) is 12.2 Å². The highest BCUT2D eigenvalue weighted by Crippen LogP contribution is 2.18. The number of rotatable bonds is 6. The smallest absolute Gasteiger partial charge is 0.267 e. The van der Waals surface area contributed by atoms with Gasteiger partial charge in [0.2, 0.25) is 10.0 Å². The average Bonchev–Trinajstić information content (AvgIpc) is 3.10. The molecule has 2 aromatic rings. The van der Waals surface area contributed by atoms with E-state index in [0.717, 1.165) is 0 Å². The van der Waals surface area contributed by atoms with Crippen LogP contribution in [0.4, 0.5) is 5.69 Å². The van der Waals surface area contributed by atoms with E-state index in [0.29, 0.717) is 23.7 Å². The summed E-state index contributed by atoms with van der Waals surface area (Å²) >= 11 is 6.43. The van der Waals surface area contributed by atoms with Crippen molar-refractivity contribution in [2.45, 2.75) is 18.7 Å². The summed E-state index contributed by atoms with van der Waals surface area (Å²) in [5.74, 6) is -0.284. The second kappa shape index (κ2) is 8.52. The number of thiocarbonyl (C=S) groups is 1. The Labute approximate surface area is 156 Å². The van der Waals surface area contributed by atoms with Gasteiger partial charge >= 0.3 is 0 Å². The van der Waals surface area contributed by atoms with Gasteiger partial charge in [0.1, 0.15) is 0 Å². The standard InChI is InChI=1S/C16H19N3O3S3/c1-3-19(4-2)25(21,22)13-9-7-12(8-10-13)17-16(23)18-15(20)14-6-5-11-24-14/h5-11H,3-4H2,1-2H3,(H2,17,18,20,23). The van der Waals surface area contributed by atoms with Crippen LogP contribution in [-0.4, -0.2) is 36.8 Å². The van der Waals surface area contributed by atoms with E-state index >= 15 is 0 Å². The van der Waals surface area contributed by atoms with Gasteiger partial charge in [-0.15, -0.1) is 11.3 Å². The molecule has 0 aliphatic carbocycles. The van der Waals surface area contributed by atoms with Crippen LogP contribution in [-0.2, 0) is 10.0 Å². The number of thiophene rings is 1. The summed E-state index contributed by atoms with van der Waals surface area (Å²) in [6.45, 7) is 4.42. The molecule has 1 heterocycles.